The minimum absolute atomic E-state index is 0.257. The van der Waals surface area contributed by atoms with Crippen LogP contribution in [-0.2, 0) is 4.79 Å². The first-order valence-electron chi connectivity index (χ1n) is 6.47. The van der Waals surface area contributed by atoms with Gasteiger partial charge < -0.3 is 0 Å². The maximum atomic E-state index is 12.0. The first-order valence-corrected chi connectivity index (χ1v) is 6.47. The zero-order chi connectivity index (χ0) is 10.8. The number of hydrogen-bond acceptors (Lipinski definition) is 2. The molecular formula is C13H23NO. The van der Waals surface area contributed by atoms with Crippen molar-refractivity contribution in [2.45, 2.75) is 64.5 Å². The van der Waals surface area contributed by atoms with Crippen molar-refractivity contribution in [3.8, 4) is 0 Å². The highest BCUT2D eigenvalue weighted by atomic mass is 16.1. The van der Waals surface area contributed by atoms with Crippen LogP contribution in [0.4, 0.5) is 0 Å². The average Bonchev–Trinajstić information content (AvgIpc) is 2.39. The fourth-order valence-corrected chi connectivity index (χ4v) is 3.26. The van der Waals surface area contributed by atoms with E-state index in [-0.39, 0.29) is 6.04 Å². The van der Waals surface area contributed by atoms with Gasteiger partial charge in [0, 0.05) is 19.0 Å². The monoisotopic (exact) mass is 209 g/mol. The van der Waals surface area contributed by atoms with E-state index in [1.165, 1.54) is 19.3 Å². The quantitative estimate of drug-likeness (QED) is 0.619. The summed E-state index contributed by atoms with van der Waals surface area (Å²) in [4.78, 5) is 14.5. The number of nitrogens with zero attached hydrogens (tertiary/aromatic N) is 1. The van der Waals surface area contributed by atoms with Crippen LogP contribution in [0.25, 0.3) is 0 Å². The average molecular weight is 209 g/mol. The molecule has 0 aromatic carbocycles. The third-order valence-corrected chi connectivity index (χ3v) is 4.00. The Hall–Kier alpha value is -0.370. The number of hydrogen-bond donors (Lipinski definition) is 0. The van der Waals surface area contributed by atoms with E-state index in [4.69, 9.17) is 0 Å². The van der Waals surface area contributed by atoms with Crippen LogP contribution < -0.4 is 0 Å². The topological polar surface area (TPSA) is 20.3 Å². The molecule has 2 rings (SSSR count). The molecule has 86 valence electrons. The molecule has 1 heterocycles. The lowest BCUT2D eigenvalue weighted by atomic mass is 10.1. The van der Waals surface area contributed by atoms with E-state index in [0.29, 0.717) is 11.8 Å². The van der Waals surface area contributed by atoms with Crippen LogP contribution >= 0.6 is 0 Å². The van der Waals surface area contributed by atoms with Crippen LogP contribution in [0.1, 0.15) is 52.4 Å². The minimum Gasteiger partial charge on any atom is -0.298 e. The Kier molecular flexibility index (Phi) is 3.45. The maximum absolute atomic E-state index is 12.0. The van der Waals surface area contributed by atoms with Crippen molar-refractivity contribution in [3.63, 3.8) is 0 Å². The highest BCUT2D eigenvalue weighted by Gasteiger charge is 2.35. The number of Topliss-reactive ketones (excluding diaryl/α,β-unsaturated/α-hetero) is 1. The van der Waals surface area contributed by atoms with E-state index in [1.807, 2.05) is 0 Å². The molecule has 1 aliphatic heterocycles. The van der Waals surface area contributed by atoms with Crippen molar-refractivity contribution < 1.29 is 4.79 Å². The third-order valence-electron chi connectivity index (χ3n) is 4.00. The van der Waals surface area contributed by atoms with Gasteiger partial charge >= 0.3 is 0 Å². The van der Waals surface area contributed by atoms with Gasteiger partial charge in [-0.25, -0.2) is 0 Å². The lowest BCUT2D eigenvalue weighted by molar-refractivity contribution is -0.124. The summed E-state index contributed by atoms with van der Waals surface area (Å²) in [5, 5.41) is 0. The van der Waals surface area contributed by atoms with Gasteiger partial charge in [-0.05, 0) is 32.1 Å². The van der Waals surface area contributed by atoms with E-state index >= 15 is 0 Å². The van der Waals surface area contributed by atoms with Crippen LogP contribution in [-0.4, -0.2) is 29.3 Å². The zero-order valence-corrected chi connectivity index (χ0v) is 10.0. The third kappa shape index (κ3) is 2.41. The molecule has 1 saturated heterocycles. The second kappa shape index (κ2) is 4.65. The van der Waals surface area contributed by atoms with Crippen LogP contribution in [0.5, 0.6) is 0 Å². The molecule has 0 aromatic heterocycles. The summed E-state index contributed by atoms with van der Waals surface area (Å²) < 4.78 is 0. The number of rotatable bonds is 1. The summed E-state index contributed by atoms with van der Waals surface area (Å²) in [6.07, 6.45) is 6.81. The summed E-state index contributed by atoms with van der Waals surface area (Å²) in [7, 11) is 0. The SMILES string of the molecule is CC1CC(C)N(C2CCCCCC2=O)C1. The largest absolute Gasteiger partial charge is 0.298 e. The van der Waals surface area contributed by atoms with Gasteiger partial charge in [0.15, 0.2) is 0 Å². The van der Waals surface area contributed by atoms with Crippen molar-refractivity contribution >= 4 is 5.78 Å². The molecule has 3 unspecified atom stereocenters. The number of carbonyl (C=O) groups is 1. The standard InChI is InChI=1S/C13H23NO/c1-10-8-11(2)14(9-10)12-6-4-3-5-7-13(12)15/h10-12H,3-9H2,1-2H3. The van der Waals surface area contributed by atoms with Gasteiger partial charge in [0.25, 0.3) is 0 Å². The van der Waals surface area contributed by atoms with Crippen molar-refractivity contribution in [1.29, 1.82) is 0 Å². The van der Waals surface area contributed by atoms with Crippen molar-refractivity contribution in [1.82, 2.24) is 4.90 Å². The normalized spacial score (nSPS) is 39.3. The number of ketones is 1. The molecule has 0 spiro atoms. The fourth-order valence-electron chi connectivity index (χ4n) is 3.26. The van der Waals surface area contributed by atoms with Crippen LogP contribution in [0.3, 0.4) is 0 Å². The molecule has 2 heteroatoms. The Balaban J connectivity index is 2.04. The second-order valence-electron chi connectivity index (χ2n) is 5.47. The van der Waals surface area contributed by atoms with Gasteiger partial charge in [-0.3, -0.25) is 9.69 Å². The van der Waals surface area contributed by atoms with Crippen molar-refractivity contribution in [2.75, 3.05) is 6.54 Å². The summed E-state index contributed by atoms with van der Waals surface area (Å²) in [6.45, 7) is 5.72. The molecule has 1 saturated carbocycles. The Morgan fingerprint density at radius 3 is 2.67 bits per heavy atom. The van der Waals surface area contributed by atoms with Gasteiger partial charge in [-0.15, -0.1) is 0 Å². The van der Waals surface area contributed by atoms with E-state index in [0.717, 1.165) is 31.7 Å². The predicted octanol–water partition coefficient (Wildman–Crippen LogP) is 2.62. The zero-order valence-electron chi connectivity index (χ0n) is 10.0. The lowest BCUT2D eigenvalue weighted by Gasteiger charge is -2.29. The van der Waals surface area contributed by atoms with Crippen LogP contribution in [0, 0.1) is 5.92 Å². The Morgan fingerprint density at radius 1 is 1.20 bits per heavy atom. The van der Waals surface area contributed by atoms with Gasteiger partial charge in [-0.1, -0.05) is 19.8 Å². The molecule has 3 atom stereocenters. The van der Waals surface area contributed by atoms with Gasteiger partial charge in [0.05, 0.1) is 6.04 Å². The summed E-state index contributed by atoms with van der Waals surface area (Å²) in [5.74, 6) is 1.28. The molecule has 0 aromatic rings. The molecule has 0 N–H and O–H groups in total. The molecule has 0 bridgehead atoms. The number of carbonyl (C=O) groups excluding carboxylic acids is 1. The van der Waals surface area contributed by atoms with Gasteiger partial charge in [-0.2, -0.15) is 0 Å². The van der Waals surface area contributed by atoms with Crippen LogP contribution in [0.15, 0.2) is 0 Å². The maximum Gasteiger partial charge on any atom is 0.149 e. The Bertz CT molecular complexity index is 239. The molecule has 2 aliphatic rings. The molecule has 0 amide bonds. The first-order chi connectivity index (χ1) is 7.18. The molecule has 1 aliphatic carbocycles. The molecule has 2 fully saturated rings. The van der Waals surface area contributed by atoms with E-state index < -0.39 is 0 Å². The minimum atomic E-state index is 0.257. The van der Waals surface area contributed by atoms with Crippen LogP contribution in [0.2, 0.25) is 0 Å². The van der Waals surface area contributed by atoms with E-state index in [2.05, 4.69) is 18.7 Å². The van der Waals surface area contributed by atoms with Gasteiger partial charge in [0.2, 0.25) is 0 Å². The summed E-state index contributed by atoms with van der Waals surface area (Å²) in [5.41, 5.74) is 0. The highest BCUT2D eigenvalue weighted by molar-refractivity contribution is 5.84. The van der Waals surface area contributed by atoms with Gasteiger partial charge in [0.1, 0.15) is 5.78 Å². The second-order valence-corrected chi connectivity index (χ2v) is 5.47. The smallest absolute Gasteiger partial charge is 0.149 e. The van der Waals surface area contributed by atoms with Crippen molar-refractivity contribution in [3.05, 3.63) is 0 Å². The lowest BCUT2D eigenvalue weighted by Crippen LogP contribution is -2.42. The van der Waals surface area contributed by atoms with E-state index in [9.17, 15) is 4.79 Å². The number of likely N-dealkylation sites (tertiary alicyclic amines) is 1. The first kappa shape index (κ1) is 11.1. The predicted molar refractivity (Wildman–Crippen MR) is 61.8 cm³/mol. The summed E-state index contributed by atoms with van der Waals surface area (Å²) >= 11 is 0. The molecule has 15 heavy (non-hydrogen) atoms. The molecular weight excluding hydrogens is 186 g/mol. The molecule has 0 radical (unpaired) electrons. The van der Waals surface area contributed by atoms with Crippen molar-refractivity contribution in [2.24, 2.45) is 5.92 Å². The fraction of sp³-hybridized carbons (Fsp3) is 0.923. The molecule has 2 nitrogen and oxygen atoms in total. The summed E-state index contributed by atoms with van der Waals surface area (Å²) in [6, 6.07) is 0.875. The Labute approximate surface area is 93.0 Å². The highest BCUT2D eigenvalue weighted by Crippen LogP contribution is 2.29. The van der Waals surface area contributed by atoms with E-state index in [1.54, 1.807) is 0 Å². The Morgan fingerprint density at radius 2 is 2.00 bits per heavy atom.